The first-order valence-corrected chi connectivity index (χ1v) is 7.87. The Kier molecular flexibility index (Phi) is 4.14. The molecule has 0 spiro atoms. The number of halogens is 1. The van der Waals surface area contributed by atoms with Crippen LogP contribution in [-0.2, 0) is 20.1 Å². The minimum Gasteiger partial charge on any atom is -0.448 e. The second-order valence-electron chi connectivity index (χ2n) is 4.86. The third-order valence-corrected chi connectivity index (χ3v) is 4.20. The van der Waals surface area contributed by atoms with Gasteiger partial charge in [-0.3, -0.25) is 4.79 Å². The number of rotatable bonds is 4. The molecule has 22 heavy (non-hydrogen) atoms. The van der Waals surface area contributed by atoms with Crippen LogP contribution in [0.5, 0.6) is 0 Å². The third kappa shape index (κ3) is 2.38. The fourth-order valence-electron chi connectivity index (χ4n) is 2.49. The Morgan fingerprint density at radius 3 is 2.23 bits per heavy atom. The second kappa shape index (κ2) is 6.07. The van der Waals surface area contributed by atoms with Crippen LogP contribution in [0.4, 0.5) is 0 Å². The third-order valence-electron chi connectivity index (χ3n) is 3.48. The van der Waals surface area contributed by atoms with Gasteiger partial charge in [0.2, 0.25) is 5.78 Å². The number of Topliss-reactive ketones (excluding diaryl/α,β-unsaturated/α-hetero) is 1. The molecule has 2 aromatic carbocycles. The van der Waals surface area contributed by atoms with Crippen LogP contribution in [0.2, 0.25) is 0 Å². The van der Waals surface area contributed by atoms with Crippen molar-refractivity contribution in [3.05, 3.63) is 76.3 Å². The van der Waals surface area contributed by atoms with E-state index in [1.54, 1.807) is 0 Å². The molecule has 1 aliphatic rings. The monoisotopic (exact) mass is 358 g/mol. The molecule has 1 atom stereocenters. The summed E-state index contributed by atoms with van der Waals surface area (Å²) in [6.45, 7) is 2.21. The smallest absolute Gasteiger partial charge is 0.303 e. The molecule has 0 aromatic heterocycles. The summed E-state index contributed by atoms with van der Waals surface area (Å²) in [6, 6.07) is 18.8. The van der Waals surface area contributed by atoms with E-state index in [4.69, 9.17) is 9.47 Å². The lowest BCUT2D eigenvalue weighted by molar-refractivity contribution is -0.196. The maximum atomic E-state index is 12.8. The topological polar surface area (TPSA) is 35.5 Å². The van der Waals surface area contributed by atoms with Crippen LogP contribution in [0.3, 0.4) is 0 Å². The summed E-state index contributed by atoms with van der Waals surface area (Å²) in [5.41, 5.74) is 1.52. The molecule has 3 rings (SSSR count). The van der Waals surface area contributed by atoms with Crippen molar-refractivity contribution in [2.75, 3.05) is 6.61 Å². The molecule has 2 aromatic rings. The summed E-state index contributed by atoms with van der Waals surface area (Å²) in [5, 5.41) is 0. The lowest BCUT2D eigenvalue weighted by atomic mass is 10.0. The first-order chi connectivity index (χ1) is 10.7. The maximum Gasteiger partial charge on any atom is 0.303 e. The highest BCUT2D eigenvalue weighted by Crippen LogP contribution is 2.45. The minimum absolute atomic E-state index is 0.223. The molecule has 3 nitrogen and oxygen atoms in total. The SMILES string of the molecule is CCOC1(c2ccccc2)OC(c2ccccc2)=C(Br)C1=O. The van der Waals surface area contributed by atoms with Gasteiger partial charge in [-0.25, -0.2) is 0 Å². The highest BCUT2D eigenvalue weighted by Gasteiger charge is 2.51. The van der Waals surface area contributed by atoms with Gasteiger partial charge in [0.05, 0.1) is 0 Å². The summed E-state index contributed by atoms with van der Waals surface area (Å²) in [4.78, 5) is 12.8. The van der Waals surface area contributed by atoms with Crippen LogP contribution in [0.15, 0.2) is 65.1 Å². The molecule has 4 heteroatoms. The Hall–Kier alpha value is -1.91. The van der Waals surface area contributed by atoms with E-state index in [2.05, 4.69) is 15.9 Å². The van der Waals surface area contributed by atoms with Gasteiger partial charge >= 0.3 is 5.79 Å². The lowest BCUT2D eigenvalue weighted by Gasteiger charge is -2.28. The highest BCUT2D eigenvalue weighted by molar-refractivity contribution is 9.12. The van der Waals surface area contributed by atoms with Gasteiger partial charge in [0, 0.05) is 17.7 Å². The number of benzene rings is 2. The van der Waals surface area contributed by atoms with Gasteiger partial charge in [-0.2, -0.15) is 0 Å². The average Bonchev–Trinajstić information content (AvgIpc) is 2.83. The molecule has 0 amide bonds. The van der Waals surface area contributed by atoms with Crippen molar-refractivity contribution < 1.29 is 14.3 Å². The molecule has 0 N–H and O–H groups in total. The van der Waals surface area contributed by atoms with Gasteiger partial charge in [-0.05, 0) is 22.9 Å². The van der Waals surface area contributed by atoms with Gasteiger partial charge in [-0.15, -0.1) is 0 Å². The van der Waals surface area contributed by atoms with Crippen molar-refractivity contribution >= 4 is 27.5 Å². The van der Waals surface area contributed by atoms with Crippen LogP contribution in [0.25, 0.3) is 5.76 Å². The van der Waals surface area contributed by atoms with Gasteiger partial charge in [-0.1, -0.05) is 60.7 Å². The Morgan fingerprint density at radius 1 is 1.05 bits per heavy atom. The molecule has 0 bridgehead atoms. The normalized spacial score (nSPS) is 21.1. The zero-order chi connectivity index (χ0) is 15.6. The van der Waals surface area contributed by atoms with E-state index in [0.29, 0.717) is 22.4 Å². The zero-order valence-corrected chi connectivity index (χ0v) is 13.7. The number of carbonyl (C=O) groups is 1. The predicted octanol–water partition coefficient (Wildman–Crippen LogP) is 4.24. The fraction of sp³-hybridized carbons (Fsp3) is 0.167. The van der Waals surface area contributed by atoms with E-state index < -0.39 is 5.79 Å². The van der Waals surface area contributed by atoms with E-state index in [1.807, 2.05) is 67.6 Å². The van der Waals surface area contributed by atoms with Crippen LogP contribution in [-0.4, -0.2) is 12.4 Å². The molecule has 0 saturated heterocycles. The summed E-state index contributed by atoms with van der Waals surface area (Å²) < 4.78 is 12.2. The van der Waals surface area contributed by atoms with Gasteiger partial charge in [0.25, 0.3) is 0 Å². The van der Waals surface area contributed by atoms with E-state index in [9.17, 15) is 4.79 Å². The molecule has 0 fully saturated rings. The maximum absolute atomic E-state index is 12.8. The molecule has 1 unspecified atom stereocenters. The molecular weight excluding hydrogens is 344 g/mol. The standard InChI is InChI=1S/C18H15BrO3/c1-2-21-18(14-11-7-4-8-12-14)17(20)15(19)16(22-18)13-9-5-3-6-10-13/h3-12H,2H2,1H3. The van der Waals surface area contributed by atoms with Gasteiger partial charge < -0.3 is 9.47 Å². The number of carbonyl (C=O) groups excluding carboxylic acids is 1. The van der Waals surface area contributed by atoms with Crippen molar-refractivity contribution in [3.63, 3.8) is 0 Å². The van der Waals surface area contributed by atoms with E-state index in [0.717, 1.165) is 5.56 Å². The fourth-order valence-corrected chi connectivity index (χ4v) is 3.06. The Morgan fingerprint density at radius 2 is 1.64 bits per heavy atom. The number of ketones is 1. The van der Waals surface area contributed by atoms with Crippen molar-refractivity contribution in [1.29, 1.82) is 0 Å². The first kappa shape index (κ1) is 15.0. The summed E-state index contributed by atoms with van der Waals surface area (Å²) in [7, 11) is 0. The second-order valence-corrected chi connectivity index (χ2v) is 5.65. The lowest BCUT2D eigenvalue weighted by Crippen LogP contribution is -2.37. The van der Waals surface area contributed by atoms with Gasteiger partial charge in [0.1, 0.15) is 10.2 Å². The van der Waals surface area contributed by atoms with Crippen LogP contribution in [0, 0.1) is 0 Å². The van der Waals surface area contributed by atoms with Crippen LogP contribution >= 0.6 is 15.9 Å². The quantitative estimate of drug-likeness (QED) is 0.819. The molecule has 1 heterocycles. The Bertz CT molecular complexity index is 710. The zero-order valence-electron chi connectivity index (χ0n) is 12.1. The van der Waals surface area contributed by atoms with E-state index >= 15 is 0 Å². The first-order valence-electron chi connectivity index (χ1n) is 7.07. The number of hydrogen-bond donors (Lipinski definition) is 0. The van der Waals surface area contributed by atoms with Crippen LogP contribution < -0.4 is 0 Å². The minimum atomic E-state index is -1.42. The van der Waals surface area contributed by atoms with Crippen molar-refractivity contribution in [2.24, 2.45) is 0 Å². The van der Waals surface area contributed by atoms with Gasteiger partial charge in [0.15, 0.2) is 0 Å². The van der Waals surface area contributed by atoms with Crippen molar-refractivity contribution in [1.82, 2.24) is 0 Å². The predicted molar refractivity (Wildman–Crippen MR) is 88.1 cm³/mol. The molecule has 0 radical (unpaired) electrons. The van der Waals surface area contributed by atoms with Crippen molar-refractivity contribution in [2.45, 2.75) is 12.7 Å². The largest absolute Gasteiger partial charge is 0.448 e. The number of ether oxygens (including phenoxy) is 2. The Balaban J connectivity index is 2.08. The number of hydrogen-bond acceptors (Lipinski definition) is 3. The summed E-state index contributed by atoms with van der Waals surface area (Å²) in [5.74, 6) is -1.14. The average molecular weight is 359 g/mol. The highest BCUT2D eigenvalue weighted by atomic mass is 79.9. The molecule has 1 aliphatic heterocycles. The summed E-state index contributed by atoms with van der Waals surface area (Å²) >= 11 is 3.37. The van der Waals surface area contributed by atoms with Crippen molar-refractivity contribution in [3.8, 4) is 0 Å². The molecule has 0 saturated carbocycles. The molecule has 0 aliphatic carbocycles. The van der Waals surface area contributed by atoms with E-state index in [-0.39, 0.29) is 5.78 Å². The Labute approximate surface area is 137 Å². The molecule has 112 valence electrons. The summed E-state index contributed by atoms with van der Waals surface area (Å²) in [6.07, 6.45) is 0. The molecular formula is C18H15BrO3. The van der Waals surface area contributed by atoms with E-state index in [1.165, 1.54) is 0 Å². The van der Waals surface area contributed by atoms with Crippen LogP contribution in [0.1, 0.15) is 18.1 Å².